The lowest BCUT2D eigenvalue weighted by Crippen LogP contribution is -2.35. The summed E-state index contributed by atoms with van der Waals surface area (Å²) in [5.41, 5.74) is 6.18. The van der Waals surface area contributed by atoms with Crippen LogP contribution in [0.1, 0.15) is 13.3 Å². The van der Waals surface area contributed by atoms with Crippen LogP contribution in [0.2, 0.25) is 0 Å². The van der Waals surface area contributed by atoms with E-state index in [4.69, 9.17) is 5.73 Å². The van der Waals surface area contributed by atoms with E-state index in [1.54, 1.807) is 0 Å². The van der Waals surface area contributed by atoms with Gasteiger partial charge in [0, 0.05) is 18.3 Å². The fourth-order valence-electron chi connectivity index (χ4n) is 2.86. The second-order valence-corrected chi connectivity index (χ2v) is 6.35. The van der Waals surface area contributed by atoms with Gasteiger partial charge < -0.3 is 20.5 Å². The SMILES string of the molecule is CC1(CN)CCN(CC(=O)Nc2ccc3c(c2)OC(F)(F)O3)C1. The molecular weight excluding hydrogens is 308 g/mol. The molecule has 126 valence electrons. The standard InChI is InChI=1S/C15H19F2N3O3/c1-14(8-18)4-5-20(9-14)7-13(21)19-10-2-3-11-12(6-10)23-15(16,17)22-11/h2-3,6H,4-5,7-9,18H2,1H3,(H,19,21). The number of halogens is 2. The first-order chi connectivity index (χ1) is 10.8. The smallest absolute Gasteiger partial charge is 0.395 e. The van der Waals surface area contributed by atoms with E-state index in [1.165, 1.54) is 18.2 Å². The predicted molar refractivity (Wildman–Crippen MR) is 79.5 cm³/mol. The minimum absolute atomic E-state index is 0.0462. The van der Waals surface area contributed by atoms with E-state index in [-0.39, 0.29) is 29.4 Å². The highest BCUT2D eigenvalue weighted by Crippen LogP contribution is 2.42. The number of rotatable bonds is 4. The zero-order valence-corrected chi connectivity index (χ0v) is 12.8. The first-order valence-corrected chi connectivity index (χ1v) is 7.41. The molecule has 1 unspecified atom stereocenters. The average Bonchev–Trinajstić information content (AvgIpc) is 2.97. The lowest BCUT2D eigenvalue weighted by Gasteiger charge is -2.22. The predicted octanol–water partition coefficient (Wildman–Crippen LogP) is 1.62. The molecule has 2 aliphatic rings. The summed E-state index contributed by atoms with van der Waals surface area (Å²) >= 11 is 0. The number of hydrogen-bond acceptors (Lipinski definition) is 5. The molecule has 2 heterocycles. The largest absolute Gasteiger partial charge is 0.586 e. The van der Waals surface area contributed by atoms with Crippen LogP contribution in [-0.2, 0) is 4.79 Å². The number of alkyl halides is 2. The van der Waals surface area contributed by atoms with E-state index in [2.05, 4.69) is 21.7 Å². The molecule has 1 fully saturated rings. The number of fused-ring (bicyclic) bond motifs is 1. The molecule has 23 heavy (non-hydrogen) atoms. The second-order valence-electron chi connectivity index (χ2n) is 6.35. The third-order valence-corrected chi connectivity index (χ3v) is 4.18. The summed E-state index contributed by atoms with van der Waals surface area (Å²) in [6.07, 6.45) is -2.71. The van der Waals surface area contributed by atoms with Gasteiger partial charge in [-0.15, -0.1) is 8.78 Å². The molecule has 0 saturated carbocycles. The van der Waals surface area contributed by atoms with Crippen molar-refractivity contribution in [3.05, 3.63) is 18.2 Å². The van der Waals surface area contributed by atoms with Gasteiger partial charge >= 0.3 is 6.29 Å². The van der Waals surface area contributed by atoms with E-state index < -0.39 is 6.29 Å². The third-order valence-electron chi connectivity index (χ3n) is 4.18. The number of amides is 1. The van der Waals surface area contributed by atoms with Crippen LogP contribution in [-0.4, -0.2) is 43.3 Å². The number of hydrogen-bond donors (Lipinski definition) is 2. The van der Waals surface area contributed by atoms with Gasteiger partial charge in [0.2, 0.25) is 5.91 Å². The normalized spacial score (nSPS) is 25.6. The molecule has 1 saturated heterocycles. The Morgan fingerprint density at radius 1 is 1.39 bits per heavy atom. The van der Waals surface area contributed by atoms with Crippen LogP contribution < -0.4 is 20.5 Å². The van der Waals surface area contributed by atoms with Crippen molar-refractivity contribution in [2.24, 2.45) is 11.1 Å². The number of nitrogens with one attached hydrogen (secondary N) is 1. The van der Waals surface area contributed by atoms with Gasteiger partial charge in [0.25, 0.3) is 0 Å². The van der Waals surface area contributed by atoms with Crippen LogP contribution in [0, 0.1) is 5.41 Å². The molecule has 0 aliphatic carbocycles. The summed E-state index contributed by atoms with van der Waals surface area (Å²) in [4.78, 5) is 14.1. The molecule has 3 N–H and O–H groups in total. The Balaban J connectivity index is 1.57. The number of anilines is 1. The van der Waals surface area contributed by atoms with E-state index in [1.807, 2.05) is 4.90 Å². The number of carbonyl (C=O) groups is 1. The number of likely N-dealkylation sites (tertiary alicyclic amines) is 1. The highest BCUT2D eigenvalue weighted by molar-refractivity contribution is 5.92. The number of nitrogens with zero attached hydrogens (tertiary/aromatic N) is 1. The lowest BCUT2D eigenvalue weighted by molar-refractivity contribution is -0.286. The second kappa shape index (κ2) is 5.61. The lowest BCUT2D eigenvalue weighted by atomic mass is 9.90. The van der Waals surface area contributed by atoms with Crippen LogP contribution in [0.25, 0.3) is 0 Å². The average molecular weight is 327 g/mol. The van der Waals surface area contributed by atoms with Crippen molar-refractivity contribution in [1.29, 1.82) is 0 Å². The summed E-state index contributed by atoms with van der Waals surface area (Å²) in [6, 6.07) is 4.16. The first-order valence-electron chi connectivity index (χ1n) is 7.41. The maximum atomic E-state index is 13.0. The number of nitrogens with two attached hydrogens (primary N) is 1. The molecule has 1 aromatic carbocycles. The molecule has 8 heteroatoms. The first kappa shape index (κ1) is 15.9. The zero-order chi connectivity index (χ0) is 16.7. The molecule has 1 aromatic rings. The third kappa shape index (κ3) is 3.53. The van der Waals surface area contributed by atoms with E-state index in [0.29, 0.717) is 12.2 Å². The van der Waals surface area contributed by atoms with E-state index in [9.17, 15) is 13.6 Å². The Morgan fingerprint density at radius 3 is 2.83 bits per heavy atom. The van der Waals surface area contributed by atoms with Crippen LogP contribution in [0.5, 0.6) is 11.5 Å². The quantitative estimate of drug-likeness (QED) is 0.879. The Morgan fingerprint density at radius 2 is 2.13 bits per heavy atom. The van der Waals surface area contributed by atoms with Crippen molar-refractivity contribution in [2.45, 2.75) is 19.6 Å². The highest BCUT2D eigenvalue weighted by Gasteiger charge is 2.43. The number of ether oxygens (including phenoxy) is 2. The van der Waals surface area contributed by atoms with Gasteiger partial charge in [0.15, 0.2) is 11.5 Å². The van der Waals surface area contributed by atoms with Gasteiger partial charge in [-0.05, 0) is 37.1 Å². The van der Waals surface area contributed by atoms with Gasteiger partial charge in [-0.2, -0.15) is 0 Å². The van der Waals surface area contributed by atoms with Crippen molar-refractivity contribution in [2.75, 3.05) is 31.5 Å². The summed E-state index contributed by atoms with van der Waals surface area (Å²) in [7, 11) is 0. The molecule has 2 aliphatic heterocycles. The number of carbonyl (C=O) groups excluding carboxylic acids is 1. The van der Waals surface area contributed by atoms with Crippen molar-refractivity contribution in [3.63, 3.8) is 0 Å². The summed E-state index contributed by atoms with van der Waals surface area (Å²) in [5, 5.41) is 2.68. The molecule has 0 spiro atoms. The van der Waals surface area contributed by atoms with Gasteiger partial charge in [0.05, 0.1) is 6.54 Å². The molecule has 3 rings (SSSR count). The molecule has 0 bridgehead atoms. The maximum Gasteiger partial charge on any atom is 0.586 e. The minimum atomic E-state index is -3.66. The van der Waals surface area contributed by atoms with Crippen molar-refractivity contribution in [3.8, 4) is 11.5 Å². The minimum Gasteiger partial charge on any atom is -0.395 e. The summed E-state index contributed by atoms with van der Waals surface area (Å²) in [5.74, 6) is -0.354. The number of benzene rings is 1. The molecule has 1 amide bonds. The Labute approximate surface area is 132 Å². The van der Waals surface area contributed by atoms with Gasteiger partial charge in [-0.25, -0.2) is 0 Å². The van der Waals surface area contributed by atoms with Crippen molar-refractivity contribution in [1.82, 2.24) is 4.90 Å². The molecule has 6 nitrogen and oxygen atoms in total. The van der Waals surface area contributed by atoms with Crippen LogP contribution in [0.15, 0.2) is 18.2 Å². The topological polar surface area (TPSA) is 76.8 Å². The Hall–Kier alpha value is -1.93. The highest BCUT2D eigenvalue weighted by atomic mass is 19.3. The van der Waals surface area contributed by atoms with Crippen molar-refractivity contribution >= 4 is 11.6 Å². The van der Waals surface area contributed by atoms with E-state index >= 15 is 0 Å². The molecule has 0 radical (unpaired) electrons. The monoisotopic (exact) mass is 327 g/mol. The fraction of sp³-hybridized carbons (Fsp3) is 0.533. The summed E-state index contributed by atoms with van der Waals surface area (Å²) < 4.78 is 34.6. The summed E-state index contributed by atoms with van der Waals surface area (Å²) in [6.45, 7) is 4.50. The molecule has 1 atom stereocenters. The Kier molecular flexibility index (Phi) is 3.89. The van der Waals surface area contributed by atoms with Crippen LogP contribution >= 0.6 is 0 Å². The van der Waals surface area contributed by atoms with Gasteiger partial charge in [-0.1, -0.05) is 6.92 Å². The maximum absolute atomic E-state index is 13.0. The van der Waals surface area contributed by atoms with Crippen LogP contribution in [0.4, 0.5) is 14.5 Å². The zero-order valence-electron chi connectivity index (χ0n) is 12.8. The molecule has 0 aromatic heterocycles. The Bertz CT molecular complexity index is 626. The van der Waals surface area contributed by atoms with Gasteiger partial charge in [-0.3, -0.25) is 9.69 Å². The van der Waals surface area contributed by atoms with Gasteiger partial charge in [0.1, 0.15) is 0 Å². The van der Waals surface area contributed by atoms with Crippen LogP contribution in [0.3, 0.4) is 0 Å². The van der Waals surface area contributed by atoms with E-state index in [0.717, 1.165) is 19.5 Å². The fourth-order valence-corrected chi connectivity index (χ4v) is 2.86. The van der Waals surface area contributed by atoms with Crippen molar-refractivity contribution < 1.29 is 23.0 Å². The molecular formula is C15H19F2N3O3.